The van der Waals surface area contributed by atoms with Crippen LogP contribution in [0.15, 0.2) is 42.6 Å². The van der Waals surface area contributed by atoms with Crippen molar-refractivity contribution in [1.29, 1.82) is 0 Å². The molecule has 0 atom stereocenters. The number of anilines is 1. The number of amides is 1. The molecule has 2 rings (SSSR count). The van der Waals surface area contributed by atoms with E-state index in [4.69, 9.17) is 4.74 Å². The number of nitrogens with zero attached hydrogens (tertiary/aromatic N) is 2. The van der Waals surface area contributed by atoms with Gasteiger partial charge in [0.1, 0.15) is 11.4 Å². The van der Waals surface area contributed by atoms with Gasteiger partial charge in [0, 0.05) is 31.5 Å². The third-order valence-electron chi connectivity index (χ3n) is 3.94. The Morgan fingerprint density at radius 2 is 1.80 bits per heavy atom. The van der Waals surface area contributed by atoms with Gasteiger partial charge in [-0.15, -0.1) is 0 Å². The molecule has 0 unspecified atom stereocenters. The summed E-state index contributed by atoms with van der Waals surface area (Å²) in [6, 6.07) is 11.5. The molecular formula is C20H27N3O2. The number of carbonyl (C=O) groups excluding carboxylic acids is 1. The first kappa shape index (κ1) is 18.8. The Morgan fingerprint density at radius 1 is 1.12 bits per heavy atom. The van der Waals surface area contributed by atoms with Gasteiger partial charge in [0.05, 0.1) is 7.11 Å². The van der Waals surface area contributed by atoms with Gasteiger partial charge in [-0.3, -0.25) is 9.78 Å². The summed E-state index contributed by atoms with van der Waals surface area (Å²) in [5.74, 6) is 0.641. The average molecular weight is 341 g/mol. The molecule has 134 valence electrons. The van der Waals surface area contributed by atoms with Crippen molar-refractivity contribution in [2.24, 2.45) is 0 Å². The summed E-state index contributed by atoms with van der Waals surface area (Å²) in [7, 11) is 1.63. The van der Waals surface area contributed by atoms with Gasteiger partial charge in [-0.2, -0.15) is 0 Å². The number of aromatic nitrogens is 1. The van der Waals surface area contributed by atoms with E-state index in [1.54, 1.807) is 13.3 Å². The highest BCUT2D eigenvalue weighted by atomic mass is 16.5. The number of ether oxygens (including phenoxy) is 1. The van der Waals surface area contributed by atoms with Gasteiger partial charge >= 0.3 is 0 Å². The number of methoxy groups -OCH3 is 1. The molecule has 0 saturated heterocycles. The van der Waals surface area contributed by atoms with Gasteiger partial charge in [-0.25, -0.2) is 0 Å². The molecule has 0 radical (unpaired) electrons. The smallest absolute Gasteiger partial charge is 0.270 e. The van der Waals surface area contributed by atoms with Crippen molar-refractivity contribution in [2.75, 3.05) is 25.1 Å². The van der Waals surface area contributed by atoms with Crippen LogP contribution in [0.25, 0.3) is 0 Å². The van der Waals surface area contributed by atoms with Crippen molar-refractivity contribution in [3.63, 3.8) is 0 Å². The fraction of sp³-hybridized carbons (Fsp3) is 0.400. The molecule has 0 bridgehead atoms. The molecule has 5 heteroatoms. The molecule has 0 fully saturated rings. The van der Waals surface area contributed by atoms with Crippen LogP contribution in [-0.4, -0.2) is 31.1 Å². The van der Waals surface area contributed by atoms with Gasteiger partial charge in [0.2, 0.25) is 0 Å². The largest absolute Gasteiger partial charge is 0.497 e. The maximum Gasteiger partial charge on any atom is 0.270 e. The molecule has 1 N–H and O–H groups in total. The first-order valence-corrected chi connectivity index (χ1v) is 8.80. The molecule has 1 aromatic heterocycles. The Bertz CT molecular complexity index is 665. The molecule has 1 heterocycles. The van der Waals surface area contributed by atoms with Crippen LogP contribution in [0.4, 0.5) is 5.69 Å². The first-order valence-electron chi connectivity index (χ1n) is 8.80. The minimum atomic E-state index is -0.161. The Labute approximate surface area is 150 Å². The second-order valence-electron chi connectivity index (χ2n) is 5.92. The zero-order valence-corrected chi connectivity index (χ0v) is 15.3. The average Bonchev–Trinajstić information content (AvgIpc) is 2.66. The summed E-state index contributed by atoms with van der Waals surface area (Å²) in [5.41, 5.74) is 2.51. The molecular weight excluding hydrogens is 314 g/mol. The number of hydrogen-bond acceptors (Lipinski definition) is 4. The van der Waals surface area contributed by atoms with Crippen LogP contribution in [0.1, 0.15) is 42.7 Å². The van der Waals surface area contributed by atoms with Crippen LogP contribution >= 0.6 is 0 Å². The molecule has 1 aromatic carbocycles. The fourth-order valence-corrected chi connectivity index (χ4v) is 2.67. The van der Waals surface area contributed by atoms with E-state index in [-0.39, 0.29) is 5.91 Å². The fourth-order valence-electron chi connectivity index (χ4n) is 2.67. The quantitative estimate of drug-likeness (QED) is 0.756. The summed E-state index contributed by atoms with van der Waals surface area (Å²) in [4.78, 5) is 18.9. The van der Waals surface area contributed by atoms with Crippen molar-refractivity contribution in [1.82, 2.24) is 10.3 Å². The lowest BCUT2D eigenvalue weighted by Gasteiger charge is -2.23. The van der Waals surface area contributed by atoms with Crippen molar-refractivity contribution in [3.8, 4) is 5.75 Å². The maximum atomic E-state index is 12.4. The standard InChI is InChI=1S/C20H27N3O2/c1-4-12-23(13-5-2)17-10-11-21-19(14-17)20(24)22-15-16-6-8-18(25-3)9-7-16/h6-11,14H,4-5,12-13,15H2,1-3H3,(H,22,24). The SMILES string of the molecule is CCCN(CCC)c1ccnc(C(=O)NCc2ccc(OC)cc2)c1. The maximum absolute atomic E-state index is 12.4. The summed E-state index contributed by atoms with van der Waals surface area (Å²) < 4.78 is 5.14. The van der Waals surface area contributed by atoms with Crippen molar-refractivity contribution >= 4 is 11.6 Å². The topological polar surface area (TPSA) is 54.5 Å². The zero-order chi connectivity index (χ0) is 18.1. The number of carbonyl (C=O) groups is 1. The molecule has 5 nitrogen and oxygen atoms in total. The Hall–Kier alpha value is -2.56. The van der Waals surface area contributed by atoms with E-state index < -0.39 is 0 Å². The van der Waals surface area contributed by atoms with Crippen LogP contribution in [0, 0.1) is 0 Å². The van der Waals surface area contributed by atoms with E-state index in [1.807, 2.05) is 36.4 Å². The van der Waals surface area contributed by atoms with Crippen LogP contribution in [0.5, 0.6) is 5.75 Å². The lowest BCUT2D eigenvalue weighted by molar-refractivity contribution is 0.0946. The van der Waals surface area contributed by atoms with Crippen molar-refractivity contribution in [2.45, 2.75) is 33.2 Å². The summed E-state index contributed by atoms with van der Waals surface area (Å²) in [5, 5.41) is 2.92. The number of rotatable bonds is 9. The normalized spacial score (nSPS) is 10.4. The zero-order valence-electron chi connectivity index (χ0n) is 15.3. The van der Waals surface area contributed by atoms with Crippen LogP contribution in [0.3, 0.4) is 0 Å². The monoisotopic (exact) mass is 341 g/mol. The van der Waals surface area contributed by atoms with E-state index in [0.717, 1.165) is 42.9 Å². The van der Waals surface area contributed by atoms with Gasteiger partial charge < -0.3 is 15.0 Å². The lowest BCUT2D eigenvalue weighted by Crippen LogP contribution is -2.27. The molecule has 0 aliphatic carbocycles. The number of nitrogens with one attached hydrogen (secondary N) is 1. The minimum absolute atomic E-state index is 0.161. The molecule has 1 amide bonds. The first-order chi connectivity index (χ1) is 12.2. The molecule has 2 aromatic rings. The minimum Gasteiger partial charge on any atom is -0.497 e. The third-order valence-corrected chi connectivity index (χ3v) is 3.94. The van der Waals surface area contributed by atoms with Crippen LogP contribution in [-0.2, 0) is 6.54 Å². The third kappa shape index (κ3) is 5.48. The Balaban J connectivity index is 2.01. The highest BCUT2D eigenvalue weighted by Crippen LogP contribution is 2.16. The number of hydrogen-bond donors (Lipinski definition) is 1. The second kappa shape index (κ2) is 9.67. The molecule has 0 aliphatic heterocycles. The van der Waals surface area contributed by atoms with Gasteiger partial charge in [0.15, 0.2) is 0 Å². The molecule has 0 aliphatic rings. The van der Waals surface area contributed by atoms with E-state index in [2.05, 4.69) is 29.0 Å². The number of pyridine rings is 1. The van der Waals surface area contributed by atoms with Gasteiger partial charge in [-0.1, -0.05) is 26.0 Å². The van der Waals surface area contributed by atoms with E-state index >= 15 is 0 Å². The molecule has 25 heavy (non-hydrogen) atoms. The summed E-state index contributed by atoms with van der Waals surface area (Å²) in [6.45, 7) is 6.73. The van der Waals surface area contributed by atoms with Crippen molar-refractivity contribution < 1.29 is 9.53 Å². The number of benzene rings is 1. The van der Waals surface area contributed by atoms with Crippen molar-refractivity contribution in [3.05, 3.63) is 53.9 Å². The Morgan fingerprint density at radius 3 is 2.40 bits per heavy atom. The molecule has 0 spiro atoms. The predicted molar refractivity (Wildman–Crippen MR) is 101 cm³/mol. The van der Waals surface area contributed by atoms with E-state index in [0.29, 0.717) is 12.2 Å². The van der Waals surface area contributed by atoms with Gasteiger partial charge in [0.25, 0.3) is 5.91 Å². The second-order valence-corrected chi connectivity index (χ2v) is 5.92. The van der Waals surface area contributed by atoms with E-state index in [1.165, 1.54) is 0 Å². The summed E-state index contributed by atoms with van der Waals surface area (Å²) in [6.07, 6.45) is 3.85. The van der Waals surface area contributed by atoms with Gasteiger partial charge in [-0.05, 0) is 42.7 Å². The van der Waals surface area contributed by atoms with Crippen LogP contribution in [0.2, 0.25) is 0 Å². The highest BCUT2D eigenvalue weighted by Gasteiger charge is 2.11. The Kier molecular flexibility index (Phi) is 7.26. The lowest BCUT2D eigenvalue weighted by atomic mass is 10.2. The molecule has 0 saturated carbocycles. The predicted octanol–water partition coefficient (Wildman–Crippen LogP) is 3.65. The van der Waals surface area contributed by atoms with E-state index in [9.17, 15) is 4.79 Å². The summed E-state index contributed by atoms with van der Waals surface area (Å²) >= 11 is 0. The van der Waals surface area contributed by atoms with Crippen LogP contribution < -0.4 is 15.0 Å². The highest BCUT2D eigenvalue weighted by molar-refractivity contribution is 5.93.